The first-order chi connectivity index (χ1) is 18.1. The molecule has 0 fully saturated rings. The van der Waals surface area contributed by atoms with Gasteiger partial charge in [-0.25, -0.2) is 20.2 Å². The lowest BCUT2D eigenvalue weighted by atomic mass is 10.1. The minimum atomic E-state index is -0.0506. The van der Waals surface area contributed by atoms with E-state index in [1.165, 1.54) is 17.7 Å². The van der Waals surface area contributed by atoms with E-state index in [9.17, 15) is 0 Å². The van der Waals surface area contributed by atoms with E-state index >= 15 is 0 Å². The van der Waals surface area contributed by atoms with Gasteiger partial charge in [0.25, 0.3) is 11.4 Å². The van der Waals surface area contributed by atoms with Crippen LogP contribution in [0.4, 0.5) is 0 Å². The summed E-state index contributed by atoms with van der Waals surface area (Å²) in [4.78, 5) is 6.31. The maximum absolute atomic E-state index is 9.05. The number of allylic oxidation sites excluding steroid dienone is 4. The molecule has 3 heterocycles. The standard InChI is InChI=1S/C30H19N5O2/c1-33-23(20-31)9-6-10-25-11-15-29(36-25)27-13-14-28(35(27)18-17-22-7-4-3-5-8-22)30-16-12-26(37-30)19-24(21-32)34-2/h3-16,19H,17-18H2/b10-6+,23-9+,24-19-. The predicted octanol–water partition coefficient (Wildman–Crippen LogP) is 7.37. The molecule has 176 valence electrons. The molecule has 0 saturated carbocycles. The molecule has 0 aliphatic carbocycles. The van der Waals surface area contributed by atoms with Crippen molar-refractivity contribution in [1.82, 2.24) is 4.57 Å². The van der Waals surface area contributed by atoms with Gasteiger partial charge in [-0.3, -0.25) is 0 Å². The van der Waals surface area contributed by atoms with Gasteiger partial charge >= 0.3 is 0 Å². The summed E-state index contributed by atoms with van der Waals surface area (Å²) < 4.78 is 14.1. The Morgan fingerprint density at radius 2 is 1.43 bits per heavy atom. The first-order valence-electron chi connectivity index (χ1n) is 11.2. The number of rotatable bonds is 8. The van der Waals surface area contributed by atoms with E-state index in [1.807, 2.05) is 60.7 Å². The first kappa shape index (κ1) is 24.4. The molecule has 37 heavy (non-hydrogen) atoms. The van der Waals surface area contributed by atoms with Gasteiger partial charge in [0.1, 0.15) is 11.5 Å². The number of benzene rings is 1. The first-order valence-corrected chi connectivity index (χ1v) is 11.2. The summed E-state index contributed by atoms with van der Waals surface area (Å²) in [6, 6.07) is 25.0. The van der Waals surface area contributed by atoms with Crippen LogP contribution in [0.15, 0.2) is 99.1 Å². The monoisotopic (exact) mass is 481 g/mol. The summed E-state index contributed by atoms with van der Waals surface area (Å²) >= 11 is 0. The zero-order valence-electron chi connectivity index (χ0n) is 19.6. The lowest BCUT2D eigenvalue weighted by molar-refractivity contribution is 0.552. The Bertz CT molecular complexity index is 1630. The molecule has 4 aromatic rings. The van der Waals surface area contributed by atoms with E-state index in [4.69, 9.17) is 32.5 Å². The highest BCUT2D eigenvalue weighted by atomic mass is 16.3. The number of nitrogens with zero attached hydrogens (tertiary/aromatic N) is 5. The fourth-order valence-corrected chi connectivity index (χ4v) is 3.73. The molecule has 0 amide bonds. The zero-order valence-corrected chi connectivity index (χ0v) is 19.6. The highest BCUT2D eigenvalue weighted by molar-refractivity contribution is 5.67. The Morgan fingerprint density at radius 3 is 2.05 bits per heavy atom. The molecule has 0 aliphatic rings. The second-order valence-electron chi connectivity index (χ2n) is 7.78. The molecule has 0 radical (unpaired) electrons. The topological polar surface area (TPSA) is 87.5 Å². The van der Waals surface area contributed by atoms with Crippen LogP contribution in [0.3, 0.4) is 0 Å². The minimum absolute atomic E-state index is 0.00610. The van der Waals surface area contributed by atoms with Crippen molar-refractivity contribution in [2.24, 2.45) is 0 Å². The van der Waals surface area contributed by atoms with E-state index in [-0.39, 0.29) is 11.4 Å². The van der Waals surface area contributed by atoms with Crippen molar-refractivity contribution < 1.29 is 8.83 Å². The van der Waals surface area contributed by atoms with Gasteiger partial charge < -0.3 is 13.4 Å². The average Bonchev–Trinajstić information content (AvgIpc) is 3.68. The van der Waals surface area contributed by atoms with Crippen LogP contribution in [0.2, 0.25) is 0 Å². The number of hydrogen-bond donors (Lipinski definition) is 0. The van der Waals surface area contributed by atoms with Crippen LogP contribution in [0.25, 0.3) is 44.8 Å². The molecule has 0 N–H and O–H groups in total. The van der Waals surface area contributed by atoms with Crippen molar-refractivity contribution in [2.45, 2.75) is 13.0 Å². The molecular weight excluding hydrogens is 462 g/mol. The second kappa shape index (κ2) is 11.6. The largest absolute Gasteiger partial charge is 0.456 e. The third-order valence-corrected chi connectivity index (χ3v) is 5.47. The number of aromatic nitrogens is 1. The normalized spacial score (nSPS) is 11.6. The van der Waals surface area contributed by atoms with Crippen molar-refractivity contribution in [3.63, 3.8) is 0 Å². The summed E-state index contributed by atoms with van der Waals surface area (Å²) in [5.74, 6) is 2.27. The van der Waals surface area contributed by atoms with Gasteiger partial charge in [-0.05, 0) is 66.6 Å². The summed E-state index contributed by atoms with van der Waals surface area (Å²) in [6.45, 7) is 14.7. The van der Waals surface area contributed by atoms with E-state index in [2.05, 4.69) is 26.4 Å². The van der Waals surface area contributed by atoms with Gasteiger partial charge in [0.05, 0.1) is 36.7 Å². The number of furan rings is 2. The molecule has 7 nitrogen and oxygen atoms in total. The molecular formula is C30H19N5O2. The van der Waals surface area contributed by atoms with Crippen LogP contribution in [-0.4, -0.2) is 4.57 Å². The van der Waals surface area contributed by atoms with Gasteiger partial charge in [-0.1, -0.05) is 36.4 Å². The molecule has 0 bridgehead atoms. The third kappa shape index (κ3) is 5.84. The van der Waals surface area contributed by atoms with Gasteiger partial charge in [0.15, 0.2) is 11.5 Å². The minimum Gasteiger partial charge on any atom is -0.456 e. The smallest absolute Gasteiger partial charge is 0.265 e. The van der Waals surface area contributed by atoms with Crippen LogP contribution in [-0.2, 0) is 13.0 Å². The van der Waals surface area contributed by atoms with Gasteiger partial charge in [-0.2, -0.15) is 0 Å². The Labute approximate surface area is 214 Å². The molecule has 0 unspecified atom stereocenters. The van der Waals surface area contributed by atoms with Crippen molar-refractivity contribution in [2.75, 3.05) is 0 Å². The molecule has 0 spiro atoms. The van der Waals surface area contributed by atoms with Crippen molar-refractivity contribution in [3.05, 3.63) is 130 Å². The van der Waals surface area contributed by atoms with E-state index in [0.29, 0.717) is 29.6 Å². The summed E-state index contributed by atoms with van der Waals surface area (Å²) in [7, 11) is 0. The molecule has 3 aromatic heterocycles. The Balaban J connectivity index is 1.69. The fraction of sp³-hybridized carbons (Fsp3) is 0.0667. The van der Waals surface area contributed by atoms with Crippen molar-refractivity contribution in [1.29, 1.82) is 10.5 Å². The van der Waals surface area contributed by atoms with Gasteiger partial charge in [-0.15, -0.1) is 0 Å². The molecule has 0 aliphatic heterocycles. The Hall–Kier alpha value is -5.76. The third-order valence-electron chi connectivity index (χ3n) is 5.47. The number of aryl methyl sites for hydroxylation is 1. The van der Waals surface area contributed by atoms with Crippen molar-refractivity contribution >= 4 is 12.2 Å². The van der Waals surface area contributed by atoms with E-state index in [0.717, 1.165) is 17.8 Å². The average molecular weight is 482 g/mol. The zero-order chi connectivity index (χ0) is 26.0. The predicted molar refractivity (Wildman–Crippen MR) is 140 cm³/mol. The van der Waals surface area contributed by atoms with Gasteiger partial charge in [0.2, 0.25) is 0 Å². The Morgan fingerprint density at radius 1 is 0.811 bits per heavy atom. The highest BCUT2D eigenvalue weighted by Gasteiger charge is 2.17. The fourth-order valence-electron chi connectivity index (χ4n) is 3.73. The summed E-state index contributed by atoms with van der Waals surface area (Å²) in [5, 5.41) is 17.9. The SMILES string of the molecule is [C-]#[N+]/C(C#N)=C\c1ccc(-c2ccc(-c3ccc(/C=C/C=C(\C#N)[N+]#[C-])o3)n2CCc2ccccc2)o1. The van der Waals surface area contributed by atoms with Crippen LogP contribution in [0, 0.1) is 35.8 Å². The summed E-state index contributed by atoms with van der Waals surface area (Å²) in [6.07, 6.45) is 6.94. The number of hydrogen-bond acceptors (Lipinski definition) is 4. The maximum Gasteiger partial charge on any atom is 0.265 e. The van der Waals surface area contributed by atoms with E-state index < -0.39 is 0 Å². The van der Waals surface area contributed by atoms with Gasteiger partial charge in [0, 0.05) is 6.54 Å². The van der Waals surface area contributed by atoms with Crippen LogP contribution < -0.4 is 0 Å². The highest BCUT2D eigenvalue weighted by Crippen LogP contribution is 2.32. The van der Waals surface area contributed by atoms with Crippen LogP contribution in [0.1, 0.15) is 17.1 Å². The number of nitriles is 2. The molecule has 7 heteroatoms. The summed E-state index contributed by atoms with van der Waals surface area (Å²) in [5.41, 5.74) is 2.82. The lowest BCUT2D eigenvalue weighted by Gasteiger charge is -2.12. The molecule has 0 saturated heterocycles. The maximum atomic E-state index is 9.05. The molecule has 1 aromatic carbocycles. The van der Waals surface area contributed by atoms with E-state index in [1.54, 1.807) is 18.2 Å². The Kier molecular flexibility index (Phi) is 7.63. The molecule has 4 rings (SSSR count). The second-order valence-corrected chi connectivity index (χ2v) is 7.78. The van der Waals surface area contributed by atoms with Crippen molar-refractivity contribution in [3.8, 4) is 35.0 Å². The van der Waals surface area contributed by atoms with Crippen LogP contribution in [0.5, 0.6) is 0 Å². The lowest BCUT2D eigenvalue weighted by Crippen LogP contribution is -2.04. The quantitative estimate of drug-likeness (QED) is 0.149. The van der Waals surface area contributed by atoms with Crippen LogP contribution >= 0.6 is 0 Å². The molecule has 0 atom stereocenters.